The molecule has 0 spiro atoms. The van der Waals surface area contributed by atoms with Crippen LogP contribution in [0.4, 0.5) is 0 Å². The molecule has 4 heteroatoms. The van der Waals surface area contributed by atoms with Gasteiger partial charge in [-0.15, -0.1) is 0 Å². The maximum Gasteiger partial charge on any atom is 1.00 e. The summed E-state index contributed by atoms with van der Waals surface area (Å²) in [6, 6.07) is 0. The molecule has 3 nitrogen and oxygen atoms in total. The summed E-state index contributed by atoms with van der Waals surface area (Å²) in [7, 11) is 0. The summed E-state index contributed by atoms with van der Waals surface area (Å²) in [6.45, 7) is 1.40. The van der Waals surface area contributed by atoms with Gasteiger partial charge in [-0.3, -0.25) is 0 Å². The fraction of sp³-hybridized carbons (Fsp3) is 0.750. The molecular formula is C4H7CuO3. The fourth-order valence-corrected chi connectivity index (χ4v) is 0.241. The summed E-state index contributed by atoms with van der Waals surface area (Å²) in [5.74, 6) is -1.21. The predicted octanol–water partition coefficient (Wildman–Crippen LogP) is -1.50. The van der Waals surface area contributed by atoms with Crippen LogP contribution < -0.4 is 5.11 Å². The van der Waals surface area contributed by atoms with Crippen LogP contribution >= 0.6 is 0 Å². The molecule has 0 aromatic rings. The molecule has 0 amide bonds. The van der Waals surface area contributed by atoms with Gasteiger partial charge in [0, 0.05) is 12.4 Å². The van der Waals surface area contributed by atoms with E-state index in [0.717, 1.165) is 0 Å². The van der Waals surface area contributed by atoms with E-state index in [9.17, 15) is 9.90 Å². The molecule has 8 heavy (non-hydrogen) atoms. The molecule has 0 aliphatic heterocycles. The van der Waals surface area contributed by atoms with Crippen molar-refractivity contribution in [2.24, 2.45) is 0 Å². The summed E-state index contributed by atoms with van der Waals surface area (Å²) in [4.78, 5) is 9.54. The van der Waals surface area contributed by atoms with Gasteiger partial charge in [-0.1, -0.05) is 0 Å². The number of carboxylic acids is 1. The first kappa shape index (κ1) is 10.8. The van der Waals surface area contributed by atoms with Gasteiger partial charge in [0.1, 0.15) is 0 Å². The zero-order valence-electron chi connectivity index (χ0n) is 4.35. The van der Waals surface area contributed by atoms with E-state index < -0.39 is 12.1 Å². The van der Waals surface area contributed by atoms with Crippen molar-refractivity contribution in [2.45, 2.75) is 19.4 Å². The van der Waals surface area contributed by atoms with Crippen LogP contribution in [0.25, 0.3) is 0 Å². The van der Waals surface area contributed by atoms with Gasteiger partial charge in [0.15, 0.2) is 0 Å². The molecule has 0 saturated heterocycles. The number of aliphatic hydroxyl groups is 1. The van der Waals surface area contributed by atoms with E-state index in [1.807, 2.05) is 0 Å². The summed E-state index contributed by atoms with van der Waals surface area (Å²) in [5, 5.41) is 17.8. The maximum atomic E-state index is 9.54. The Kier molecular flexibility index (Phi) is 6.91. The van der Waals surface area contributed by atoms with Gasteiger partial charge in [0.2, 0.25) is 0 Å². The monoisotopic (exact) mass is 166 g/mol. The first-order chi connectivity index (χ1) is 3.13. The molecule has 0 aromatic heterocycles. The van der Waals surface area contributed by atoms with Crippen LogP contribution in [-0.2, 0) is 21.9 Å². The van der Waals surface area contributed by atoms with E-state index in [0.29, 0.717) is 0 Å². The Morgan fingerprint density at radius 2 is 2.25 bits per heavy atom. The molecule has 1 atom stereocenters. The average Bonchev–Trinajstić information content (AvgIpc) is 1.27. The van der Waals surface area contributed by atoms with Crippen LogP contribution in [0.1, 0.15) is 13.3 Å². The number of carbonyl (C=O) groups is 1. The fourth-order valence-electron chi connectivity index (χ4n) is 0.241. The van der Waals surface area contributed by atoms with Crippen molar-refractivity contribution in [3.63, 3.8) is 0 Å². The number of hydrogen-bond acceptors (Lipinski definition) is 3. The second-order valence-electron chi connectivity index (χ2n) is 1.43. The Morgan fingerprint density at radius 1 is 1.88 bits per heavy atom. The third-order valence-electron chi connectivity index (χ3n) is 0.462. The van der Waals surface area contributed by atoms with Gasteiger partial charge in [-0.25, -0.2) is 0 Å². The smallest absolute Gasteiger partial charge is 0.550 e. The van der Waals surface area contributed by atoms with Gasteiger partial charge in [-0.2, -0.15) is 0 Å². The van der Waals surface area contributed by atoms with Gasteiger partial charge in [0.25, 0.3) is 0 Å². The van der Waals surface area contributed by atoms with E-state index in [-0.39, 0.29) is 23.5 Å². The van der Waals surface area contributed by atoms with E-state index in [2.05, 4.69) is 0 Å². The van der Waals surface area contributed by atoms with Crippen molar-refractivity contribution in [1.29, 1.82) is 0 Å². The Labute approximate surface area is 58.2 Å². The molecule has 0 fully saturated rings. The number of carboxylic acid groups (broad SMARTS) is 1. The minimum Gasteiger partial charge on any atom is -0.550 e. The molecule has 52 valence electrons. The van der Waals surface area contributed by atoms with Crippen molar-refractivity contribution in [3.8, 4) is 0 Å². The minimum absolute atomic E-state index is 0. The maximum absolute atomic E-state index is 9.54. The molecule has 0 rings (SSSR count). The van der Waals surface area contributed by atoms with Crippen LogP contribution in [0.3, 0.4) is 0 Å². The van der Waals surface area contributed by atoms with Crippen molar-refractivity contribution in [1.82, 2.24) is 0 Å². The molecule has 0 heterocycles. The van der Waals surface area contributed by atoms with Gasteiger partial charge in [-0.05, 0) is 6.92 Å². The third kappa shape index (κ3) is 9.34. The van der Waals surface area contributed by atoms with Crippen LogP contribution in [0.2, 0.25) is 0 Å². The number of hydrogen-bond donors (Lipinski definition) is 1. The summed E-state index contributed by atoms with van der Waals surface area (Å²) in [6.07, 6.45) is -1.06. The standard InChI is InChI=1S/C4H8O3.Cu/c1-3(5)2-4(6)7;/h3,5H,2H2,1H3,(H,6,7);/q;+1/p-1. The molecule has 0 saturated carbocycles. The quantitative estimate of drug-likeness (QED) is 0.509. The van der Waals surface area contributed by atoms with Crippen LogP contribution in [0.15, 0.2) is 0 Å². The Balaban J connectivity index is 0. The zero-order valence-corrected chi connectivity index (χ0v) is 5.29. The van der Waals surface area contributed by atoms with Crippen molar-refractivity contribution >= 4 is 5.97 Å². The molecule has 1 unspecified atom stereocenters. The van der Waals surface area contributed by atoms with E-state index in [1.54, 1.807) is 0 Å². The zero-order chi connectivity index (χ0) is 5.86. The largest absolute Gasteiger partial charge is 1.00 e. The van der Waals surface area contributed by atoms with E-state index in [4.69, 9.17) is 5.11 Å². The normalized spacial score (nSPS) is 11.8. The van der Waals surface area contributed by atoms with E-state index in [1.165, 1.54) is 6.92 Å². The molecule has 0 aliphatic rings. The number of carbonyl (C=O) groups excluding carboxylic acids is 1. The Morgan fingerprint density at radius 3 is 2.25 bits per heavy atom. The Bertz CT molecular complexity index is 71.7. The molecule has 0 bridgehead atoms. The summed E-state index contributed by atoms with van der Waals surface area (Å²) in [5.41, 5.74) is 0. The first-order valence-electron chi connectivity index (χ1n) is 2.01. The summed E-state index contributed by atoms with van der Waals surface area (Å²) < 4.78 is 0. The second kappa shape index (κ2) is 5.09. The molecule has 0 aromatic carbocycles. The van der Waals surface area contributed by atoms with Gasteiger partial charge < -0.3 is 15.0 Å². The second-order valence-corrected chi connectivity index (χ2v) is 1.43. The van der Waals surface area contributed by atoms with Crippen molar-refractivity contribution < 1.29 is 32.1 Å². The number of aliphatic hydroxyl groups excluding tert-OH is 1. The van der Waals surface area contributed by atoms with Crippen molar-refractivity contribution in [3.05, 3.63) is 0 Å². The van der Waals surface area contributed by atoms with Crippen LogP contribution in [0, 0.1) is 0 Å². The predicted molar refractivity (Wildman–Crippen MR) is 21.3 cm³/mol. The Hall–Kier alpha value is -0.0505. The SMILES string of the molecule is CC(O)CC(=O)[O-].[Cu+]. The third-order valence-corrected chi connectivity index (χ3v) is 0.462. The molecule has 0 radical (unpaired) electrons. The van der Waals surface area contributed by atoms with Crippen LogP contribution in [0.5, 0.6) is 0 Å². The number of rotatable bonds is 2. The minimum atomic E-state index is -1.21. The topological polar surface area (TPSA) is 60.4 Å². The average molecular weight is 167 g/mol. The first-order valence-corrected chi connectivity index (χ1v) is 2.01. The number of aliphatic carboxylic acids is 1. The van der Waals surface area contributed by atoms with Crippen molar-refractivity contribution in [2.75, 3.05) is 0 Å². The molecule has 0 aliphatic carbocycles. The molecular weight excluding hydrogens is 160 g/mol. The van der Waals surface area contributed by atoms with E-state index >= 15 is 0 Å². The van der Waals surface area contributed by atoms with Gasteiger partial charge >= 0.3 is 17.1 Å². The molecule has 1 N–H and O–H groups in total. The van der Waals surface area contributed by atoms with Gasteiger partial charge in [0.05, 0.1) is 6.10 Å². The van der Waals surface area contributed by atoms with Crippen LogP contribution in [-0.4, -0.2) is 17.2 Å². The summed E-state index contributed by atoms with van der Waals surface area (Å²) >= 11 is 0.